The van der Waals surface area contributed by atoms with Gasteiger partial charge in [-0.3, -0.25) is 4.79 Å². The van der Waals surface area contributed by atoms with E-state index >= 15 is 0 Å². The Labute approximate surface area is 174 Å². The zero-order valence-corrected chi connectivity index (χ0v) is 17.4. The van der Waals surface area contributed by atoms with Crippen molar-refractivity contribution >= 4 is 29.4 Å². The summed E-state index contributed by atoms with van der Waals surface area (Å²) in [5.74, 6) is 1.68. The van der Waals surface area contributed by atoms with Gasteiger partial charge in [0, 0.05) is 29.2 Å². The van der Waals surface area contributed by atoms with Gasteiger partial charge in [-0.1, -0.05) is 12.1 Å². The van der Waals surface area contributed by atoms with Gasteiger partial charge < -0.3 is 30.6 Å². The average Bonchev–Trinajstić information content (AvgIpc) is 2.72. The Morgan fingerprint density at radius 2 is 1.72 bits per heavy atom. The van der Waals surface area contributed by atoms with Gasteiger partial charge in [-0.05, 0) is 24.3 Å². The van der Waals surface area contributed by atoms with Gasteiger partial charge in [0.25, 0.3) is 0 Å². The van der Waals surface area contributed by atoms with Crippen LogP contribution in [0.25, 0.3) is 0 Å². The Morgan fingerprint density at radius 1 is 1.00 bits per heavy atom. The Kier molecular flexibility index (Phi) is 8.47. The van der Waals surface area contributed by atoms with Gasteiger partial charge in [-0.2, -0.15) is 0 Å². The highest BCUT2D eigenvalue weighted by Crippen LogP contribution is 2.39. The van der Waals surface area contributed by atoms with Gasteiger partial charge >= 0.3 is 6.03 Å². The number of urea groups is 1. The molecule has 2 aromatic carbocycles. The Hall–Kier alpha value is -3.07. The minimum Gasteiger partial charge on any atom is -0.493 e. The van der Waals surface area contributed by atoms with Crippen molar-refractivity contribution in [1.82, 2.24) is 5.32 Å². The first kappa shape index (κ1) is 22.2. The molecule has 0 aliphatic rings. The third-order valence-electron chi connectivity index (χ3n) is 3.97. The summed E-state index contributed by atoms with van der Waals surface area (Å²) in [7, 11) is 4.60. The van der Waals surface area contributed by atoms with Crippen molar-refractivity contribution in [3.63, 3.8) is 0 Å². The lowest BCUT2D eigenvalue weighted by Gasteiger charge is -2.16. The van der Waals surface area contributed by atoms with Gasteiger partial charge in [0.1, 0.15) is 0 Å². The minimum absolute atomic E-state index is 0.229. The number of thioether (sulfide) groups is 1. The van der Waals surface area contributed by atoms with Gasteiger partial charge in [0.15, 0.2) is 11.5 Å². The molecule has 8 nitrogen and oxygen atoms in total. The summed E-state index contributed by atoms with van der Waals surface area (Å²) in [4.78, 5) is 24.2. The van der Waals surface area contributed by atoms with Crippen molar-refractivity contribution in [3.8, 4) is 17.2 Å². The number of benzene rings is 2. The Bertz CT molecular complexity index is 860. The summed E-state index contributed by atoms with van der Waals surface area (Å²) in [6.07, 6.45) is 0.268. The van der Waals surface area contributed by atoms with Crippen LogP contribution in [-0.4, -0.2) is 39.0 Å². The van der Waals surface area contributed by atoms with Crippen LogP contribution in [0, 0.1) is 0 Å². The highest BCUT2D eigenvalue weighted by Gasteiger charge is 2.16. The lowest BCUT2D eigenvalue weighted by Crippen LogP contribution is -2.28. The van der Waals surface area contributed by atoms with E-state index < -0.39 is 0 Å². The van der Waals surface area contributed by atoms with Crippen LogP contribution >= 0.6 is 11.8 Å². The largest absolute Gasteiger partial charge is 0.493 e. The van der Waals surface area contributed by atoms with E-state index in [-0.39, 0.29) is 24.9 Å². The molecule has 0 unspecified atom stereocenters. The first-order valence-corrected chi connectivity index (χ1v) is 9.81. The molecular weight excluding hydrogens is 394 g/mol. The number of carbonyl (C=O) groups excluding carboxylic acids is 2. The summed E-state index contributed by atoms with van der Waals surface area (Å²) in [5.41, 5.74) is 6.57. The number of methoxy groups -OCH3 is 3. The SMILES string of the molecule is COc1ccc(CNC(=O)Nc2ccccc2SCCC(N)=O)c(OC)c1OC. The molecular formula is C20H25N3O5S. The van der Waals surface area contributed by atoms with Crippen LogP contribution < -0.4 is 30.6 Å². The van der Waals surface area contributed by atoms with E-state index in [4.69, 9.17) is 19.9 Å². The van der Waals surface area contributed by atoms with Crippen molar-refractivity contribution in [1.29, 1.82) is 0 Å². The van der Waals surface area contributed by atoms with Crippen molar-refractivity contribution in [2.24, 2.45) is 5.73 Å². The minimum atomic E-state index is -0.371. The molecule has 2 aromatic rings. The lowest BCUT2D eigenvalue weighted by atomic mass is 10.1. The van der Waals surface area contributed by atoms with Crippen molar-refractivity contribution in [2.45, 2.75) is 17.9 Å². The first-order valence-electron chi connectivity index (χ1n) is 8.83. The molecule has 29 heavy (non-hydrogen) atoms. The quantitative estimate of drug-likeness (QED) is 0.511. The molecule has 0 saturated heterocycles. The predicted octanol–water partition coefficient (Wildman–Crippen LogP) is 3.00. The number of rotatable bonds is 10. The van der Waals surface area contributed by atoms with E-state index in [9.17, 15) is 9.59 Å². The van der Waals surface area contributed by atoms with Crippen LogP contribution in [0.3, 0.4) is 0 Å². The number of anilines is 1. The predicted molar refractivity (Wildman–Crippen MR) is 113 cm³/mol. The molecule has 9 heteroatoms. The molecule has 0 spiro atoms. The fourth-order valence-electron chi connectivity index (χ4n) is 2.60. The van der Waals surface area contributed by atoms with Crippen LogP contribution in [0.15, 0.2) is 41.3 Å². The summed E-state index contributed by atoms with van der Waals surface area (Å²) in [5, 5.41) is 5.63. The number of ether oxygens (including phenoxy) is 3. The van der Waals surface area contributed by atoms with Crippen LogP contribution in [-0.2, 0) is 11.3 Å². The molecule has 0 saturated carbocycles. The molecule has 0 aliphatic heterocycles. The smallest absolute Gasteiger partial charge is 0.319 e. The van der Waals surface area contributed by atoms with Gasteiger partial charge in [-0.15, -0.1) is 11.8 Å². The van der Waals surface area contributed by atoms with E-state index in [0.29, 0.717) is 28.7 Å². The molecule has 0 aromatic heterocycles. The Morgan fingerprint density at radius 3 is 2.38 bits per heavy atom. The molecule has 3 amide bonds. The normalized spacial score (nSPS) is 10.2. The molecule has 0 fully saturated rings. The van der Waals surface area contributed by atoms with E-state index in [1.54, 1.807) is 25.3 Å². The fraction of sp³-hybridized carbons (Fsp3) is 0.300. The fourth-order valence-corrected chi connectivity index (χ4v) is 3.57. The molecule has 0 heterocycles. The zero-order valence-electron chi connectivity index (χ0n) is 16.6. The number of nitrogens with two attached hydrogens (primary N) is 1. The van der Waals surface area contributed by atoms with Crippen molar-refractivity contribution in [3.05, 3.63) is 42.0 Å². The summed E-state index contributed by atoms with van der Waals surface area (Å²) >= 11 is 1.45. The highest BCUT2D eigenvalue weighted by atomic mass is 32.2. The second-order valence-electron chi connectivity index (χ2n) is 5.86. The number of amides is 3. The van der Waals surface area contributed by atoms with E-state index in [1.165, 1.54) is 26.0 Å². The molecule has 0 radical (unpaired) electrons. The number of hydrogen-bond acceptors (Lipinski definition) is 6. The summed E-state index contributed by atoms with van der Waals surface area (Å²) < 4.78 is 16.0. The second-order valence-corrected chi connectivity index (χ2v) is 7.00. The van der Waals surface area contributed by atoms with E-state index in [1.807, 2.05) is 18.2 Å². The van der Waals surface area contributed by atoms with E-state index in [0.717, 1.165) is 10.5 Å². The van der Waals surface area contributed by atoms with Crippen LogP contribution in [0.4, 0.5) is 10.5 Å². The molecule has 2 rings (SSSR count). The lowest BCUT2D eigenvalue weighted by molar-refractivity contribution is -0.117. The van der Waals surface area contributed by atoms with Crippen LogP contribution in [0.5, 0.6) is 17.2 Å². The number of hydrogen-bond donors (Lipinski definition) is 3. The maximum atomic E-state index is 12.4. The van der Waals surface area contributed by atoms with Gasteiger partial charge in [0.05, 0.1) is 27.0 Å². The standard InChI is InChI=1S/C20H25N3O5S/c1-26-15-9-8-13(18(27-2)19(15)28-3)12-22-20(25)23-14-6-4-5-7-16(14)29-11-10-17(21)24/h4-9H,10-12H2,1-3H3,(H2,21,24)(H2,22,23,25). The highest BCUT2D eigenvalue weighted by molar-refractivity contribution is 7.99. The number of nitrogens with one attached hydrogen (secondary N) is 2. The molecule has 156 valence electrons. The van der Waals surface area contributed by atoms with Crippen molar-refractivity contribution in [2.75, 3.05) is 32.4 Å². The molecule has 0 bridgehead atoms. The molecule has 4 N–H and O–H groups in total. The second kappa shape index (κ2) is 11.1. The Balaban J connectivity index is 2.03. The topological polar surface area (TPSA) is 112 Å². The third-order valence-corrected chi connectivity index (χ3v) is 5.04. The first-order chi connectivity index (χ1) is 14.0. The molecule has 0 aliphatic carbocycles. The average molecular weight is 420 g/mol. The number of para-hydroxylation sites is 1. The van der Waals surface area contributed by atoms with Crippen LogP contribution in [0.2, 0.25) is 0 Å². The monoisotopic (exact) mass is 419 g/mol. The van der Waals surface area contributed by atoms with Crippen LogP contribution in [0.1, 0.15) is 12.0 Å². The zero-order chi connectivity index (χ0) is 21.2. The van der Waals surface area contributed by atoms with Crippen molar-refractivity contribution < 1.29 is 23.8 Å². The maximum Gasteiger partial charge on any atom is 0.319 e. The number of primary amides is 1. The summed E-state index contributed by atoms with van der Waals surface area (Å²) in [6, 6.07) is 10.5. The summed E-state index contributed by atoms with van der Waals surface area (Å²) in [6.45, 7) is 0.229. The number of carbonyl (C=O) groups is 2. The molecule has 0 atom stereocenters. The maximum absolute atomic E-state index is 12.4. The van der Waals surface area contributed by atoms with Gasteiger partial charge in [0.2, 0.25) is 11.7 Å². The third kappa shape index (κ3) is 6.21. The van der Waals surface area contributed by atoms with Gasteiger partial charge in [-0.25, -0.2) is 4.79 Å². The van der Waals surface area contributed by atoms with E-state index in [2.05, 4.69) is 10.6 Å².